The lowest BCUT2D eigenvalue weighted by Crippen LogP contribution is -2.30. The highest BCUT2D eigenvalue weighted by atomic mass is 15.1. The summed E-state index contributed by atoms with van der Waals surface area (Å²) in [4.78, 5) is 2.42. The Kier molecular flexibility index (Phi) is 16.3. The van der Waals surface area contributed by atoms with Gasteiger partial charge in [-0.1, -0.05) is 27.7 Å². The van der Waals surface area contributed by atoms with E-state index in [9.17, 15) is 0 Å². The van der Waals surface area contributed by atoms with Crippen LogP contribution in [0.4, 0.5) is 0 Å². The molecule has 0 bridgehead atoms. The summed E-state index contributed by atoms with van der Waals surface area (Å²) in [5.74, 6) is 0. The number of hydrogen-bond donors (Lipinski definition) is 1. The summed E-state index contributed by atoms with van der Waals surface area (Å²) < 4.78 is 0. The number of nitrogens with zero attached hydrogens (tertiary/aromatic N) is 1. The molecular weight excluding hydrogens is 148 g/mol. The molecule has 0 unspecified atom stereocenters. The van der Waals surface area contributed by atoms with Crippen LogP contribution in [0.3, 0.4) is 0 Å². The van der Waals surface area contributed by atoms with Gasteiger partial charge in [0.15, 0.2) is 0 Å². The predicted octanol–water partition coefficient (Wildman–Crippen LogP) is 2.09. The van der Waals surface area contributed by atoms with Crippen LogP contribution in [0, 0.1) is 0 Å². The molecule has 0 aromatic carbocycles. The molecule has 0 saturated carbocycles. The first-order valence-corrected chi connectivity index (χ1v) is 5.27. The molecule has 0 atom stereocenters. The van der Waals surface area contributed by atoms with E-state index in [1.54, 1.807) is 0 Å². The highest BCUT2D eigenvalue weighted by Gasteiger charge is 1.98. The van der Waals surface area contributed by atoms with Gasteiger partial charge in [-0.25, -0.2) is 0 Å². The average molecular weight is 174 g/mol. The second-order valence-electron chi connectivity index (χ2n) is 2.63. The molecular formula is C10H26N2. The Morgan fingerprint density at radius 3 is 1.58 bits per heavy atom. The van der Waals surface area contributed by atoms with Crippen molar-refractivity contribution in [1.82, 2.24) is 4.90 Å². The van der Waals surface area contributed by atoms with Gasteiger partial charge in [-0.15, -0.1) is 0 Å². The third kappa shape index (κ3) is 9.92. The zero-order valence-electron chi connectivity index (χ0n) is 9.27. The van der Waals surface area contributed by atoms with E-state index in [4.69, 9.17) is 5.73 Å². The zero-order valence-corrected chi connectivity index (χ0v) is 9.27. The van der Waals surface area contributed by atoms with Crippen LogP contribution in [0.5, 0.6) is 0 Å². The number of nitrogens with two attached hydrogens (primary N) is 1. The molecule has 2 N–H and O–H groups in total. The van der Waals surface area contributed by atoms with Crippen LogP contribution in [-0.4, -0.2) is 31.1 Å². The molecule has 0 amide bonds. The lowest BCUT2D eigenvalue weighted by atomic mass is 10.3. The molecule has 0 aromatic rings. The van der Waals surface area contributed by atoms with Crippen LogP contribution in [0.2, 0.25) is 0 Å². The minimum Gasteiger partial charge on any atom is -0.329 e. The molecule has 2 heteroatoms. The lowest BCUT2D eigenvalue weighted by molar-refractivity contribution is 0.282. The standard InChI is InChI=1S/C8H20N2.C2H6/c1-3-6-10(7-4-2)8-5-9;1-2/h3-9H2,1-2H3;1-2H3. The lowest BCUT2D eigenvalue weighted by Gasteiger charge is -2.19. The Bertz CT molecular complexity index is 50.6. The van der Waals surface area contributed by atoms with Crippen molar-refractivity contribution >= 4 is 0 Å². The van der Waals surface area contributed by atoms with Crippen LogP contribution < -0.4 is 5.73 Å². The Morgan fingerprint density at radius 1 is 0.917 bits per heavy atom. The molecule has 0 rings (SSSR count). The minimum absolute atomic E-state index is 0.792. The fourth-order valence-corrected chi connectivity index (χ4v) is 1.15. The molecule has 0 radical (unpaired) electrons. The van der Waals surface area contributed by atoms with Gasteiger partial charge in [0.1, 0.15) is 0 Å². The van der Waals surface area contributed by atoms with E-state index in [0.717, 1.165) is 13.1 Å². The van der Waals surface area contributed by atoms with Crippen LogP contribution in [0.1, 0.15) is 40.5 Å². The molecule has 76 valence electrons. The van der Waals surface area contributed by atoms with Crippen molar-refractivity contribution in [1.29, 1.82) is 0 Å². The second kappa shape index (κ2) is 13.5. The van der Waals surface area contributed by atoms with Crippen LogP contribution in [-0.2, 0) is 0 Å². The summed E-state index contributed by atoms with van der Waals surface area (Å²) in [6.07, 6.45) is 2.47. The quantitative estimate of drug-likeness (QED) is 0.668. The van der Waals surface area contributed by atoms with Crippen molar-refractivity contribution in [2.75, 3.05) is 26.2 Å². The summed E-state index contributed by atoms with van der Waals surface area (Å²) >= 11 is 0. The summed E-state index contributed by atoms with van der Waals surface area (Å²) in [6, 6.07) is 0. The average Bonchev–Trinajstić information content (AvgIpc) is 2.10. The molecule has 0 aliphatic rings. The van der Waals surface area contributed by atoms with Crippen molar-refractivity contribution in [2.24, 2.45) is 5.73 Å². The number of rotatable bonds is 6. The van der Waals surface area contributed by atoms with Gasteiger partial charge in [0, 0.05) is 13.1 Å². The van der Waals surface area contributed by atoms with E-state index in [2.05, 4.69) is 18.7 Å². The van der Waals surface area contributed by atoms with Gasteiger partial charge >= 0.3 is 0 Å². The van der Waals surface area contributed by atoms with Crippen molar-refractivity contribution in [3.63, 3.8) is 0 Å². The molecule has 0 aliphatic carbocycles. The molecule has 2 nitrogen and oxygen atoms in total. The van der Waals surface area contributed by atoms with E-state index in [1.807, 2.05) is 13.8 Å². The van der Waals surface area contributed by atoms with Gasteiger partial charge in [-0.2, -0.15) is 0 Å². The molecule has 0 heterocycles. The third-order valence-electron chi connectivity index (χ3n) is 1.52. The molecule has 0 spiro atoms. The summed E-state index contributed by atoms with van der Waals surface area (Å²) in [7, 11) is 0. The van der Waals surface area contributed by atoms with Gasteiger partial charge in [-0.3, -0.25) is 0 Å². The van der Waals surface area contributed by atoms with Gasteiger partial charge < -0.3 is 10.6 Å². The maximum absolute atomic E-state index is 5.45. The fourth-order valence-electron chi connectivity index (χ4n) is 1.15. The van der Waals surface area contributed by atoms with Crippen LogP contribution >= 0.6 is 0 Å². The maximum atomic E-state index is 5.45. The van der Waals surface area contributed by atoms with Crippen molar-refractivity contribution < 1.29 is 0 Å². The topological polar surface area (TPSA) is 29.3 Å². The number of hydrogen-bond acceptors (Lipinski definition) is 2. The highest BCUT2D eigenvalue weighted by molar-refractivity contribution is 4.55. The van der Waals surface area contributed by atoms with Gasteiger partial charge in [0.2, 0.25) is 0 Å². The van der Waals surface area contributed by atoms with E-state index in [0.29, 0.717) is 0 Å². The Balaban J connectivity index is 0. The van der Waals surface area contributed by atoms with E-state index >= 15 is 0 Å². The first kappa shape index (κ1) is 14.4. The van der Waals surface area contributed by atoms with Crippen molar-refractivity contribution in [2.45, 2.75) is 40.5 Å². The first-order chi connectivity index (χ1) is 5.85. The van der Waals surface area contributed by atoms with Gasteiger partial charge in [0.25, 0.3) is 0 Å². The normalized spacial score (nSPS) is 9.50. The summed E-state index contributed by atoms with van der Waals surface area (Å²) in [5.41, 5.74) is 5.45. The Hall–Kier alpha value is -0.0800. The van der Waals surface area contributed by atoms with E-state index in [1.165, 1.54) is 25.9 Å². The minimum atomic E-state index is 0.792. The molecule has 0 fully saturated rings. The largest absolute Gasteiger partial charge is 0.329 e. The Labute approximate surface area is 78.1 Å². The molecule has 0 aliphatic heterocycles. The Morgan fingerprint density at radius 2 is 1.33 bits per heavy atom. The molecule has 0 aromatic heterocycles. The van der Waals surface area contributed by atoms with Crippen LogP contribution in [0.15, 0.2) is 0 Å². The zero-order chi connectivity index (χ0) is 9.82. The monoisotopic (exact) mass is 174 g/mol. The SMILES string of the molecule is CC.CCCN(CCC)CCN. The van der Waals surface area contributed by atoms with E-state index < -0.39 is 0 Å². The van der Waals surface area contributed by atoms with Gasteiger partial charge in [-0.05, 0) is 25.9 Å². The smallest absolute Gasteiger partial charge is 0.0105 e. The van der Waals surface area contributed by atoms with E-state index in [-0.39, 0.29) is 0 Å². The van der Waals surface area contributed by atoms with Crippen molar-refractivity contribution in [3.8, 4) is 0 Å². The fraction of sp³-hybridized carbons (Fsp3) is 1.00. The van der Waals surface area contributed by atoms with Crippen molar-refractivity contribution in [3.05, 3.63) is 0 Å². The molecule has 12 heavy (non-hydrogen) atoms. The maximum Gasteiger partial charge on any atom is 0.0105 e. The highest BCUT2D eigenvalue weighted by Crippen LogP contribution is 1.91. The summed E-state index contributed by atoms with van der Waals surface area (Å²) in [6.45, 7) is 12.7. The second-order valence-corrected chi connectivity index (χ2v) is 2.63. The predicted molar refractivity (Wildman–Crippen MR) is 57.4 cm³/mol. The molecule has 0 saturated heterocycles. The summed E-state index contributed by atoms with van der Waals surface area (Å²) in [5, 5.41) is 0. The van der Waals surface area contributed by atoms with Crippen LogP contribution in [0.25, 0.3) is 0 Å². The first-order valence-electron chi connectivity index (χ1n) is 5.27. The van der Waals surface area contributed by atoms with Gasteiger partial charge in [0.05, 0.1) is 0 Å². The third-order valence-corrected chi connectivity index (χ3v) is 1.52.